The van der Waals surface area contributed by atoms with Crippen molar-refractivity contribution in [1.29, 1.82) is 0 Å². The number of fused-ring (bicyclic) bond motifs is 1. The van der Waals surface area contributed by atoms with Crippen LogP contribution in [0, 0.1) is 17.3 Å². The van der Waals surface area contributed by atoms with Crippen LogP contribution in [0.5, 0.6) is 0 Å². The molecule has 6 nitrogen and oxygen atoms in total. The van der Waals surface area contributed by atoms with Crippen LogP contribution in [-0.4, -0.2) is 34.5 Å². The van der Waals surface area contributed by atoms with E-state index in [0.29, 0.717) is 5.69 Å². The maximum absolute atomic E-state index is 13.6. The monoisotopic (exact) mass is 464 g/mol. The SMILES string of the molecule is CNC(=O)[C@@H](NC(=O)c1nc(-c2ccccc2)n2c1CCCC(CC1CC1)CCC2)C(C)(C)C. The van der Waals surface area contributed by atoms with E-state index in [1.165, 1.54) is 32.1 Å². The number of hydrogen-bond acceptors (Lipinski definition) is 3. The molecule has 1 aromatic heterocycles. The van der Waals surface area contributed by atoms with E-state index in [2.05, 4.69) is 27.3 Å². The van der Waals surface area contributed by atoms with E-state index in [1.807, 2.05) is 39.0 Å². The number of hydrogen-bond donors (Lipinski definition) is 2. The molecule has 0 bridgehead atoms. The third-order valence-electron chi connectivity index (χ3n) is 7.35. The van der Waals surface area contributed by atoms with E-state index in [9.17, 15) is 9.59 Å². The summed E-state index contributed by atoms with van der Waals surface area (Å²) in [6.07, 6.45) is 9.64. The van der Waals surface area contributed by atoms with Crippen molar-refractivity contribution in [2.75, 3.05) is 7.05 Å². The highest BCUT2D eigenvalue weighted by atomic mass is 16.2. The number of carbonyl (C=O) groups is 2. The van der Waals surface area contributed by atoms with Crippen molar-refractivity contribution in [3.05, 3.63) is 41.7 Å². The van der Waals surface area contributed by atoms with E-state index in [4.69, 9.17) is 4.98 Å². The highest BCUT2D eigenvalue weighted by Crippen LogP contribution is 2.39. The summed E-state index contributed by atoms with van der Waals surface area (Å²) in [6.45, 7) is 6.76. The minimum Gasteiger partial charge on any atom is -0.357 e. The van der Waals surface area contributed by atoms with Crippen LogP contribution < -0.4 is 10.6 Å². The van der Waals surface area contributed by atoms with E-state index >= 15 is 0 Å². The molecule has 1 aliphatic carbocycles. The zero-order chi connectivity index (χ0) is 24.3. The summed E-state index contributed by atoms with van der Waals surface area (Å²) < 4.78 is 2.27. The van der Waals surface area contributed by atoms with Gasteiger partial charge in [-0.05, 0) is 49.4 Å². The van der Waals surface area contributed by atoms with Gasteiger partial charge in [-0.15, -0.1) is 0 Å². The highest BCUT2D eigenvalue weighted by molar-refractivity contribution is 5.97. The minimum atomic E-state index is -0.637. The predicted molar refractivity (Wildman–Crippen MR) is 135 cm³/mol. The fraction of sp³-hybridized carbons (Fsp3) is 0.607. The Morgan fingerprint density at radius 3 is 2.38 bits per heavy atom. The first kappa shape index (κ1) is 24.5. The van der Waals surface area contributed by atoms with Crippen LogP contribution in [0.15, 0.2) is 30.3 Å². The van der Waals surface area contributed by atoms with Crippen LogP contribution >= 0.6 is 0 Å². The molecule has 184 valence electrons. The third-order valence-corrected chi connectivity index (χ3v) is 7.35. The van der Waals surface area contributed by atoms with Gasteiger partial charge in [-0.25, -0.2) is 4.98 Å². The largest absolute Gasteiger partial charge is 0.357 e. The summed E-state index contributed by atoms with van der Waals surface area (Å²) in [6, 6.07) is 9.50. The Morgan fingerprint density at radius 1 is 1.06 bits per heavy atom. The number of nitrogens with one attached hydrogen (secondary N) is 2. The lowest BCUT2D eigenvalue weighted by Crippen LogP contribution is -2.53. The second-order valence-electron chi connectivity index (χ2n) is 11.2. The molecule has 34 heavy (non-hydrogen) atoms. The quantitative estimate of drug-likeness (QED) is 0.633. The van der Waals surface area contributed by atoms with Gasteiger partial charge in [0.05, 0.1) is 5.69 Å². The molecule has 0 spiro atoms. The van der Waals surface area contributed by atoms with Crippen LogP contribution in [0.1, 0.15) is 81.9 Å². The van der Waals surface area contributed by atoms with Gasteiger partial charge in [0.1, 0.15) is 17.6 Å². The van der Waals surface area contributed by atoms with Crippen molar-refractivity contribution in [2.45, 2.75) is 84.7 Å². The molecule has 2 N–H and O–H groups in total. The van der Waals surface area contributed by atoms with E-state index < -0.39 is 11.5 Å². The van der Waals surface area contributed by atoms with E-state index in [1.54, 1.807) is 7.05 Å². The molecule has 2 amide bonds. The Labute approximate surface area is 203 Å². The Bertz CT molecular complexity index is 1000. The van der Waals surface area contributed by atoms with Gasteiger partial charge in [-0.1, -0.05) is 70.4 Å². The maximum atomic E-state index is 13.6. The minimum absolute atomic E-state index is 0.189. The number of rotatable bonds is 6. The Balaban J connectivity index is 1.66. The number of imidazole rings is 1. The van der Waals surface area contributed by atoms with Crippen LogP contribution in [0.25, 0.3) is 11.4 Å². The first-order chi connectivity index (χ1) is 16.3. The fourth-order valence-electron chi connectivity index (χ4n) is 5.29. The van der Waals surface area contributed by atoms with Gasteiger partial charge in [-0.2, -0.15) is 0 Å². The van der Waals surface area contributed by atoms with Crippen molar-refractivity contribution < 1.29 is 9.59 Å². The van der Waals surface area contributed by atoms with Crippen molar-refractivity contribution in [3.63, 3.8) is 0 Å². The van der Waals surface area contributed by atoms with Gasteiger partial charge in [0.2, 0.25) is 5.91 Å². The first-order valence-corrected chi connectivity index (χ1v) is 12.9. The number of nitrogens with zero attached hydrogens (tertiary/aromatic N) is 2. The zero-order valence-electron chi connectivity index (χ0n) is 21.2. The third kappa shape index (κ3) is 5.70. The lowest BCUT2D eigenvalue weighted by Gasteiger charge is -2.29. The summed E-state index contributed by atoms with van der Waals surface area (Å²) >= 11 is 0. The van der Waals surface area contributed by atoms with Gasteiger partial charge in [0.25, 0.3) is 5.91 Å². The molecular formula is C28H40N4O2. The standard InChI is InChI=1S/C28H40N4O2/c1-28(2,3)24(27(34)29-4)31-26(33)23-22-14-8-10-19(18-20-15-16-20)11-9-17-32(22)25(30-23)21-12-6-5-7-13-21/h5-7,12-13,19-20,24H,8-11,14-18H2,1-4H3,(H,29,34)(H,31,33)/t19?,24-/m1/s1. The molecule has 1 aliphatic heterocycles. The number of likely N-dealkylation sites (N-methyl/N-ethyl adjacent to an activating group) is 1. The molecule has 0 radical (unpaired) electrons. The van der Waals surface area contributed by atoms with Crippen LogP contribution in [0.3, 0.4) is 0 Å². The summed E-state index contributed by atoms with van der Waals surface area (Å²) in [4.78, 5) is 31.0. The lowest BCUT2D eigenvalue weighted by atomic mass is 9.86. The van der Waals surface area contributed by atoms with Crippen molar-refractivity contribution >= 4 is 11.8 Å². The molecule has 4 rings (SSSR count). The molecule has 2 heterocycles. The molecule has 2 aliphatic rings. The molecule has 1 fully saturated rings. The number of aromatic nitrogens is 2. The zero-order valence-corrected chi connectivity index (χ0v) is 21.2. The lowest BCUT2D eigenvalue weighted by molar-refractivity contribution is -0.124. The summed E-state index contributed by atoms with van der Waals surface area (Å²) in [7, 11) is 1.61. The summed E-state index contributed by atoms with van der Waals surface area (Å²) in [5.41, 5.74) is 2.08. The first-order valence-electron chi connectivity index (χ1n) is 12.9. The topological polar surface area (TPSA) is 76.0 Å². The Kier molecular flexibility index (Phi) is 7.44. The van der Waals surface area contributed by atoms with Crippen molar-refractivity contribution in [3.8, 4) is 11.4 Å². The predicted octanol–water partition coefficient (Wildman–Crippen LogP) is 4.97. The van der Waals surface area contributed by atoms with Crippen LogP contribution in [0.2, 0.25) is 0 Å². The molecule has 2 aromatic rings. The summed E-state index contributed by atoms with van der Waals surface area (Å²) in [5, 5.41) is 5.70. The average molecular weight is 465 g/mol. The molecule has 1 saturated carbocycles. The number of carbonyl (C=O) groups excluding carboxylic acids is 2. The summed E-state index contributed by atoms with van der Waals surface area (Å²) in [5.74, 6) is 2.15. The number of benzene rings is 1. The van der Waals surface area contributed by atoms with E-state index in [0.717, 1.165) is 54.7 Å². The van der Waals surface area contributed by atoms with Crippen molar-refractivity contribution in [1.82, 2.24) is 20.2 Å². The molecule has 2 atom stereocenters. The van der Waals surface area contributed by atoms with Gasteiger partial charge in [0, 0.05) is 19.2 Å². The normalized spacial score (nSPS) is 19.8. The molecular weight excluding hydrogens is 424 g/mol. The second-order valence-corrected chi connectivity index (χ2v) is 11.2. The van der Waals surface area contributed by atoms with Gasteiger partial charge >= 0.3 is 0 Å². The maximum Gasteiger partial charge on any atom is 0.272 e. The van der Waals surface area contributed by atoms with E-state index in [-0.39, 0.29) is 11.8 Å². The van der Waals surface area contributed by atoms with Crippen LogP contribution in [-0.2, 0) is 17.8 Å². The second kappa shape index (κ2) is 10.3. The molecule has 0 saturated heterocycles. The van der Waals surface area contributed by atoms with Gasteiger partial charge in [0.15, 0.2) is 0 Å². The Hall–Kier alpha value is -2.63. The van der Waals surface area contributed by atoms with Crippen LogP contribution in [0.4, 0.5) is 0 Å². The molecule has 1 unspecified atom stereocenters. The fourth-order valence-corrected chi connectivity index (χ4v) is 5.29. The van der Waals surface area contributed by atoms with Gasteiger partial charge in [-0.3, -0.25) is 9.59 Å². The number of amides is 2. The molecule has 6 heteroatoms. The van der Waals surface area contributed by atoms with Crippen molar-refractivity contribution in [2.24, 2.45) is 17.3 Å². The Morgan fingerprint density at radius 2 is 1.74 bits per heavy atom. The van der Waals surface area contributed by atoms with Gasteiger partial charge < -0.3 is 15.2 Å². The highest BCUT2D eigenvalue weighted by Gasteiger charge is 2.34. The smallest absolute Gasteiger partial charge is 0.272 e. The average Bonchev–Trinajstić information content (AvgIpc) is 3.53. The molecule has 1 aromatic carbocycles.